The Bertz CT molecular complexity index is 633. The molecule has 2 N–H and O–H groups in total. The van der Waals surface area contributed by atoms with Crippen LogP contribution in [0.4, 0.5) is 5.69 Å². The summed E-state index contributed by atoms with van der Waals surface area (Å²) in [6, 6.07) is 11.0. The molecule has 0 aromatic heterocycles. The minimum absolute atomic E-state index is 0.0751. The quantitative estimate of drug-likeness (QED) is 0.677. The van der Waals surface area contributed by atoms with E-state index in [0.29, 0.717) is 22.6 Å². The van der Waals surface area contributed by atoms with E-state index >= 15 is 0 Å². The number of nitrogen functional groups attached to an aromatic ring is 1. The number of anilines is 1. The van der Waals surface area contributed by atoms with Crippen LogP contribution in [0.25, 0.3) is 0 Å². The number of nitrogens with two attached hydrogens (primary N) is 1. The Hall–Kier alpha value is -2.29. The first-order valence-corrected chi connectivity index (χ1v) is 6.09. The number of ether oxygens (including phenoxy) is 1. The van der Waals surface area contributed by atoms with Crippen LogP contribution in [-0.2, 0) is 0 Å². The molecule has 0 aliphatic heterocycles. The van der Waals surface area contributed by atoms with Crippen LogP contribution in [0.2, 0.25) is 0 Å². The maximum atomic E-state index is 12.5. The Kier molecular flexibility index (Phi) is 3.56. The van der Waals surface area contributed by atoms with Gasteiger partial charge in [0, 0.05) is 11.1 Å². The molecule has 3 nitrogen and oxygen atoms in total. The van der Waals surface area contributed by atoms with Gasteiger partial charge in [-0.1, -0.05) is 29.8 Å². The highest BCUT2D eigenvalue weighted by molar-refractivity contribution is 6.13. The lowest BCUT2D eigenvalue weighted by Gasteiger charge is -2.11. The summed E-state index contributed by atoms with van der Waals surface area (Å²) in [6.07, 6.45) is 0. The lowest BCUT2D eigenvalue weighted by Crippen LogP contribution is -2.08. The molecule has 0 amide bonds. The number of hydrogen-bond donors (Lipinski definition) is 1. The molecule has 0 saturated carbocycles. The fourth-order valence-electron chi connectivity index (χ4n) is 2.13. The summed E-state index contributed by atoms with van der Waals surface area (Å²) in [6.45, 7) is 3.93. The van der Waals surface area contributed by atoms with E-state index in [2.05, 4.69) is 0 Å². The number of benzene rings is 2. The molecule has 2 rings (SSSR count). The SMILES string of the molecule is COc1cccc(C(=O)c2ccc(C)cc2C)c1N. The molecule has 2 aromatic carbocycles. The van der Waals surface area contributed by atoms with Gasteiger partial charge in [-0.25, -0.2) is 0 Å². The van der Waals surface area contributed by atoms with Crippen molar-refractivity contribution in [3.05, 3.63) is 58.7 Å². The van der Waals surface area contributed by atoms with Crippen molar-refractivity contribution in [2.45, 2.75) is 13.8 Å². The summed E-state index contributed by atoms with van der Waals surface area (Å²) < 4.78 is 5.14. The molecule has 0 saturated heterocycles. The maximum Gasteiger partial charge on any atom is 0.195 e. The predicted octanol–water partition coefficient (Wildman–Crippen LogP) is 3.13. The zero-order valence-corrected chi connectivity index (χ0v) is 11.4. The largest absolute Gasteiger partial charge is 0.495 e. The Morgan fingerprint density at radius 2 is 1.84 bits per heavy atom. The van der Waals surface area contributed by atoms with Crippen molar-refractivity contribution in [2.75, 3.05) is 12.8 Å². The van der Waals surface area contributed by atoms with E-state index in [1.165, 1.54) is 7.11 Å². The molecular formula is C16H17NO2. The molecule has 19 heavy (non-hydrogen) atoms. The lowest BCUT2D eigenvalue weighted by atomic mass is 9.96. The van der Waals surface area contributed by atoms with Crippen LogP contribution in [0.3, 0.4) is 0 Å². The molecule has 0 fully saturated rings. The summed E-state index contributed by atoms with van der Waals surface area (Å²) in [4.78, 5) is 12.5. The predicted molar refractivity (Wildman–Crippen MR) is 76.8 cm³/mol. The topological polar surface area (TPSA) is 52.3 Å². The van der Waals surface area contributed by atoms with E-state index in [9.17, 15) is 4.79 Å². The number of rotatable bonds is 3. The Morgan fingerprint density at radius 1 is 1.11 bits per heavy atom. The van der Waals surface area contributed by atoms with Crippen molar-refractivity contribution in [1.82, 2.24) is 0 Å². The molecule has 0 aliphatic rings. The van der Waals surface area contributed by atoms with Gasteiger partial charge >= 0.3 is 0 Å². The molecule has 2 aromatic rings. The van der Waals surface area contributed by atoms with Gasteiger partial charge in [0.2, 0.25) is 0 Å². The van der Waals surface area contributed by atoms with E-state index < -0.39 is 0 Å². The van der Waals surface area contributed by atoms with Crippen molar-refractivity contribution >= 4 is 11.5 Å². The minimum atomic E-state index is -0.0751. The van der Waals surface area contributed by atoms with Crippen molar-refractivity contribution in [3.8, 4) is 5.75 Å². The Balaban J connectivity index is 2.50. The second-order valence-electron chi connectivity index (χ2n) is 4.57. The van der Waals surface area contributed by atoms with E-state index in [0.717, 1.165) is 11.1 Å². The number of carbonyl (C=O) groups excluding carboxylic acids is 1. The van der Waals surface area contributed by atoms with Crippen molar-refractivity contribution in [3.63, 3.8) is 0 Å². The third-order valence-corrected chi connectivity index (χ3v) is 3.16. The zero-order chi connectivity index (χ0) is 14.0. The molecule has 0 atom stereocenters. The smallest absolute Gasteiger partial charge is 0.195 e. The molecule has 0 radical (unpaired) electrons. The molecular weight excluding hydrogens is 238 g/mol. The third kappa shape index (κ3) is 2.45. The normalized spacial score (nSPS) is 10.3. The van der Waals surface area contributed by atoms with Crippen molar-refractivity contribution in [1.29, 1.82) is 0 Å². The molecule has 3 heteroatoms. The highest BCUT2D eigenvalue weighted by Gasteiger charge is 2.16. The van der Waals surface area contributed by atoms with Gasteiger partial charge in [-0.15, -0.1) is 0 Å². The zero-order valence-electron chi connectivity index (χ0n) is 11.4. The van der Waals surface area contributed by atoms with Crippen molar-refractivity contribution in [2.24, 2.45) is 0 Å². The van der Waals surface area contributed by atoms with Crippen LogP contribution in [0.1, 0.15) is 27.0 Å². The van der Waals surface area contributed by atoms with E-state index in [4.69, 9.17) is 10.5 Å². The molecule has 0 spiro atoms. The van der Waals surface area contributed by atoms with Gasteiger partial charge in [0.05, 0.1) is 12.8 Å². The summed E-state index contributed by atoms with van der Waals surface area (Å²) >= 11 is 0. The van der Waals surface area contributed by atoms with Gasteiger partial charge in [0.25, 0.3) is 0 Å². The van der Waals surface area contributed by atoms with Gasteiger partial charge in [0.15, 0.2) is 5.78 Å². The van der Waals surface area contributed by atoms with Crippen LogP contribution in [0, 0.1) is 13.8 Å². The Labute approximate surface area is 113 Å². The number of ketones is 1. The number of methoxy groups -OCH3 is 1. The standard InChI is InChI=1S/C16H17NO2/c1-10-7-8-12(11(2)9-10)16(18)13-5-4-6-14(19-3)15(13)17/h4-9H,17H2,1-3H3. The fraction of sp³-hybridized carbons (Fsp3) is 0.188. The fourth-order valence-corrected chi connectivity index (χ4v) is 2.13. The number of aryl methyl sites for hydroxylation is 2. The number of carbonyl (C=O) groups is 1. The molecule has 0 bridgehead atoms. The van der Waals surface area contributed by atoms with Gasteiger partial charge in [-0.2, -0.15) is 0 Å². The van der Waals surface area contributed by atoms with Crippen LogP contribution in [-0.4, -0.2) is 12.9 Å². The molecule has 0 unspecified atom stereocenters. The van der Waals surface area contributed by atoms with E-state index in [1.54, 1.807) is 18.2 Å². The van der Waals surface area contributed by atoms with E-state index in [1.807, 2.05) is 32.0 Å². The van der Waals surface area contributed by atoms with Gasteiger partial charge in [-0.3, -0.25) is 4.79 Å². The average molecular weight is 255 g/mol. The Morgan fingerprint density at radius 3 is 2.47 bits per heavy atom. The molecule has 0 heterocycles. The highest BCUT2D eigenvalue weighted by atomic mass is 16.5. The number of hydrogen-bond acceptors (Lipinski definition) is 3. The minimum Gasteiger partial charge on any atom is -0.495 e. The van der Waals surface area contributed by atoms with Crippen LogP contribution >= 0.6 is 0 Å². The highest BCUT2D eigenvalue weighted by Crippen LogP contribution is 2.27. The molecule has 98 valence electrons. The summed E-state index contributed by atoms with van der Waals surface area (Å²) in [5, 5.41) is 0. The van der Waals surface area contributed by atoms with Gasteiger partial charge in [-0.05, 0) is 31.5 Å². The van der Waals surface area contributed by atoms with Crippen LogP contribution in [0.15, 0.2) is 36.4 Å². The lowest BCUT2D eigenvalue weighted by molar-refractivity contribution is 0.103. The number of para-hydroxylation sites is 1. The summed E-state index contributed by atoms with van der Waals surface area (Å²) in [5.41, 5.74) is 9.58. The summed E-state index contributed by atoms with van der Waals surface area (Å²) in [7, 11) is 1.54. The average Bonchev–Trinajstić information content (AvgIpc) is 2.38. The van der Waals surface area contributed by atoms with Crippen LogP contribution < -0.4 is 10.5 Å². The first-order valence-electron chi connectivity index (χ1n) is 6.09. The van der Waals surface area contributed by atoms with E-state index in [-0.39, 0.29) is 5.78 Å². The van der Waals surface area contributed by atoms with Crippen LogP contribution in [0.5, 0.6) is 5.75 Å². The second-order valence-corrected chi connectivity index (χ2v) is 4.57. The summed E-state index contributed by atoms with van der Waals surface area (Å²) in [5.74, 6) is 0.449. The van der Waals surface area contributed by atoms with Crippen molar-refractivity contribution < 1.29 is 9.53 Å². The first kappa shape index (κ1) is 13.1. The van der Waals surface area contributed by atoms with Gasteiger partial charge < -0.3 is 10.5 Å². The monoisotopic (exact) mass is 255 g/mol. The van der Waals surface area contributed by atoms with Gasteiger partial charge in [0.1, 0.15) is 5.75 Å². The first-order chi connectivity index (χ1) is 9.04. The maximum absolute atomic E-state index is 12.5. The third-order valence-electron chi connectivity index (χ3n) is 3.16. The second kappa shape index (κ2) is 5.14. The molecule has 0 aliphatic carbocycles.